The molecule has 0 saturated carbocycles. The lowest BCUT2D eigenvalue weighted by molar-refractivity contribution is -0.129. The molecule has 0 radical (unpaired) electrons. The Balaban J connectivity index is 1.76. The van der Waals surface area contributed by atoms with Crippen molar-refractivity contribution in [3.8, 4) is 11.8 Å². The Morgan fingerprint density at radius 1 is 1.36 bits per heavy atom. The lowest BCUT2D eigenvalue weighted by Crippen LogP contribution is -2.49. The minimum atomic E-state index is -1.11. The number of nitriles is 1. The molecule has 1 aromatic heterocycles. The van der Waals surface area contributed by atoms with Crippen LogP contribution in [0.15, 0.2) is 46.9 Å². The number of hydrogen-bond acceptors (Lipinski definition) is 7. The third-order valence-corrected chi connectivity index (χ3v) is 6.83. The molecular formula is C24H23Cl2N5O2. The van der Waals surface area contributed by atoms with Crippen molar-refractivity contribution < 1.29 is 9.53 Å². The number of benzene rings is 1. The van der Waals surface area contributed by atoms with Crippen molar-refractivity contribution in [1.29, 1.82) is 5.26 Å². The summed E-state index contributed by atoms with van der Waals surface area (Å²) in [4.78, 5) is 18.3. The van der Waals surface area contributed by atoms with E-state index in [4.69, 9.17) is 27.9 Å². The van der Waals surface area contributed by atoms with Gasteiger partial charge in [0.25, 0.3) is 0 Å². The highest BCUT2D eigenvalue weighted by Gasteiger charge is 2.46. The molecule has 1 saturated heterocycles. The first-order valence-corrected chi connectivity index (χ1v) is 11.5. The highest BCUT2D eigenvalue weighted by Crippen LogP contribution is 2.37. The smallest absolute Gasteiger partial charge is 0.189 e. The molecule has 0 bridgehead atoms. The summed E-state index contributed by atoms with van der Waals surface area (Å²) in [5.41, 5.74) is 0.558. The first kappa shape index (κ1) is 23.4. The highest BCUT2D eigenvalue weighted by molar-refractivity contribution is 6.42. The topological polar surface area (TPSA) is 99.7 Å². The van der Waals surface area contributed by atoms with E-state index < -0.39 is 11.5 Å². The molecular weight excluding hydrogens is 461 g/mol. The van der Waals surface area contributed by atoms with Crippen molar-refractivity contribution in [2.75, 3.05) is 13.1 Å². The Bertz CT molecular complexity index is 1150. The summed E-state index contributed by atoms with van der Waals surface area (Å²) in [5.74, 6) is 0.443. The molecule has 2 aromatic rings. The van der Waals surface area contributed by atoms with Gasteiger partial charge in [-0.25, -0.2) is 0 Å². The lowest BCUT2D eigenvalue weighted by atomic mass is 9.71. The number of carbonyl (C=O) groups excluding carboxylic acids is 1. The van der Waals surface area contributed by atoms with E-state index in [1.165, 1.54) is 6.20 Å². The van der Waals surface area contributed by atoms with Crippen LogP contribution in [0.4, 0.5) is 0 Å². The van der Waals surface area contributed by atoms with Gasteiger partial charge in [0.2, 0.25) is 0 Å². The molecule has 9 heteroatoms. The van der Waals surface area contributed by atoms with E-state index in [2.05, 4.69) is 26.6 Å². The van der Waals surface area contributed by atoms with Crippen LogP contribution in [0.5, 0.6) is 5.75 Å². The first-order chi connectivity index (χ1) is 15.9. The number of ether oxygens (including phenoxy) is 1. The number of pyridine rings is 1. The van der Waals surface area contributed by atoms with Crippen LogP contribution < -0.4 is 10.1 Å². The number of nitrogens with one attached hydrogen (secondary N) is 1. The zero-order chi connectivity index (χ0) is 23.4. The lowest BCUT2D eigenvalue weighted by Gasteiger charge is -2.34. The Kier molecular flexibility index (Phi) is 7.08. The van der Waals surface area contributed by atoms with Crippen LogP contribution in [0.3, 0.4) is 0 Å². The molecule has 0 spiro atoms. The van der Waals surface area contributed by atoms with E-state index in [9.17, 15) is 10.1 Å². The van der Waals surface area contributed by atoms with Crippen LogP contribution in [0.1, 0.15) is 37.3 Å². The van der Waals surface area contributed by atoms with Crippen LogP contribution >= 0.6 is 23.2 Å². The summed E-state index contributed by atoms with van der Waals surface area (Å²) in [6, 6.07) is 8.87. The average molecular weight is 484 g/mol. The number of Topliss-reactive ketones (excluding diaryl/α,β-unsaturated/α-hetero) is 1. The molecule has 33 heavy (non-hydrogen) atoms. The van der Waals surface area contributed by atoms with Crippen molar-refractivity contribution in [2.45, 2.75) is 37.7 Å². The molecule has 1 aromatic carbocycles. The maximum absolute atomic E-state index is 14.3. The standard InChI is InChI=1S/C24H23Cl2N5O2/c1-15-10-24(14-30-31-15,18-2-3-19(25)20(26)9-18)23(32)22(8-16-4-6-28-12-16)33-21-5-7-29-13-17(21)11-27/h2-3,5,7,9,13-14,16,22,28H,4,6,8,10,12H2,1H3. The van der Waals surface area contributed by atoms with Crippen LogP contribution in [0.25, 0.3) is 0 Å². The van der Waals surface area contributed by atoms with Gasteiger partial charge >= 0.3 is 0 Å². The van der Waals surface area contributed by atoms with Crippen molar-refractivity contribution in [2.24, 2.45) is 16.1 Å². The van der Waals surface area contributed by atoms with E-state index in [1.54, 1.807) is 36.7 Å². The van der Waals surface area contributed by atoms with E-state index in [-0.39, 0.29) is 17.3 Å². The Morgan fingerprint density at radius 3 is 2.91 bits per heavy atom. The van der Waals surface area contributed by atoms with Gasteiger partial charge in [0.1, 0.15) is 17.4 Å². The summed E-state index contributed by atoms with van der Waals surface area (Å²) in [5, 5.41) is 21.9. The zero-order valence-corrected chi connectivity index (χ0v) is 19.6. The second-order valence-corrected chi connectivity index (χ2v) is 9.22. The SMILES string of the molecule is CC1=NN=CC(C(=O)C(CC2CCNC2)Oc2ccncc2C#N)(c2ccc(Cl)c(Cl)c2)C1. The van der Waals surface area contributed by atoms with Crippen molar-refractivity contribution in [3.05, 3.63) is 57.8 Å². The summed E-state index contributed by atoms with van der Waals surface area (Å²) < 4.78 is 6.25. The maximum Gasteiger partial charge on any atom is 0.189 e. The van der Waals surface area contributed by atoms with Gasteiger partial charge in [-0.1, -0.05) is 29.3 Å². The quantitative estimate of drug-likeness (QED) is 0.630. The van der Waals surface area contributed by atoms with Gasteiger partial charge in [-0.05, 0) is 62.5 Å². The molecule has 170 valence electrons. The third kappa shape index (κ3) is 4.93. The van der Waals surface area contributed by atoms with E-state index in [1.807, 2.05) is 6.92 Å². The molecule has 1 fully saturated rings. The van der Waals surface area contributed by atoms with E-state index >= 15 is 0 Å². The van der Waals surface area contributed by atoms with Crippen LogP contribution in [-0.4, -0.2) is 41.9 Å². The van der Waals surface area contributed by atoms with Crippen LogP contribution in [0.2, 0.25) is 10.0 Å². The number of halogens is 2. The monoisotopic (exact) mass is 483 g/mol. The Labute approximate surface area is 202 Å². The minimum absolute atomic E-state index is 0.161. The number of aromatic nitrogens is 1. The fourth-order valence-electron chi connectivity index (χ4n) is 4.39. The predicted molar refractivity (Wildman–Crippen MR) is 128 cm³/mol. The Morgan fingerprint density at radius 2 is 2.21 bits per heavy atom. The molecule has 0 aliphatic carbocycles. The summed E-state index contributed by atoms with van der Waals surface area (Å²) in [7, 11) is 0. The number of hydrogen-bond donors (Lipinski definition) is 1. The van der Waals surface area contributed by atoms with Gasteiger partial charge in [0.05, 0.1) is 15.5 Å². The van der Waals surface area contributed by atoms with Gasteiger partial charge in [0.15, 0.2) is 11.9 Å². The number of nitrogens with zero attached hydrogens (tertiary/aromatic N) is 4. The van der Waals surface area contributed by atoms with Crippen molar-refractivity contribution in [1.82, 2.24) is 10.3 Å². The van der Waals surface area contributed by atoms with E-state index in [0.29, 0.717) is 34.2 Å². The molecule has 2 aliphatic rings. The van der Waals surface area contributed by atoms with Gasteiger partial charge in [-0.2, -0.15) is 15.5 Å². The zero-order valence-electron chi connectivity index (χ0n) is 18.1. The predicted octanol–water partition coefficient (Wildman–Crippen LogP) is 4.36. The van der Waals surface area contributed by atoms with Crippen LogP contribution in [0, 0.1) is 17.2 Å². The van der Waals surface area contributed by atoms with Crippen molar-refractivity contribution in [3.63, 3.8) is 0 Å². The molecule has 7 nitrogen and oxygen atoms in total. The maximum atomic E-state index is 14.3. The summed E-state index contributed by atoms with van der Waals surface area (Å²) >= 11 is 12.5. The number of carbonyl (C=O) groups is 1. The molecule has 3 heterocycles. The summed E-state index contributed by atoms with van der Waals surface area (Å²) in [6.07, 6.45) is 5.54. The largest absolute Gasteiger partial charge is 0.481 e. The number of ketones is 1. The molecule has 2 aliphatic heterocycles. The Hall–Kier alpha value is -2.79. The fourth-order valence-corrected chi connectivity index (χ4v) is 4.69. The average Bonchev–Trinajstić information content (AvgIpc) is 3.33. The molecule has 1 N–H and O–H groups in total. The third-order valence-electron chi connectivity index (χ3n) is 6.09. The molecule has 0 amide bonds. The van der Waals surface area contributed by atoms with Crippen molar-refractivity contribution >= 4 is 40.9 Å². The molecule has 4 rings (SSSR count). The normalized spacial score (nSPS) is 23.0. The fraction of sp³-hybridized carbons (Fsp3) is 0.375. The van der Waals surface area contributed by atoms with Gasteiger partial charge in [-0.3, -0.25) is 9.78 Å². The van der Waals surface area contributed by atoms with Gasteiger partial charge in [-0.15, -0.1) is 0 Å². The minimum Gasteiger partial charge on any atom is -0.481 e. The van der Waals surface area contributed by atoms with Gasteiger partial charge in [0, 0.05) is 30.7 Å². The molecule has 3 unspecified atom stereocenters. The second-order valence-electron chi connectivity index (χ2n) is 8.41. The first-order valence-electron chi connectivity index (χ1n) is 10.7. The van der Waals surface area contributed by atoms with Gasteiger partial charge < -0.3 is 10.1 Å². The highest BCUT2D eigenvalue weighted by atomic mass is 35.5. The molecule has 3 atom stereocenters. The number of rotatable bonds is 7. The van der Waals surface area contributed by atoms with E-state index in [0.717, 1.165) is 25.2 Å². The summed E-state index contributed by atoms with van der Waals surface area (Å²) in [6.45, 7) is 3.54. The second kappa shape index (κ2) is 10.0. The van der Waals surface area contributed by atoms with Crippen LogP contribution in [-0.2, 0) is 10.2 Å².